The van der Waals surface area contributed by atoms with Crippen molar-refractivity contribution >= 4 is 17.4 Å². The number of hydrogen-bond acceptors (Lipinski definition) is 5. The van der Waals surface area contributed by atoms with E-state index in [1.807, 2.05) is 0 Å². The first kappa shape index (κ1) is 19.7. The summed E-state index contributed by atoms with van der Waals surface area (Å²) in [5.41, 5.74) is 0.457. The molecule has 0 unspecified atom stereocenters. The molecule has 3 rings (SSSR count). The highest BCUT2D eigenvalue weighted by Crippen LogP contribution is 2.32. The number of ketones is 1. The Kier molecular flexibility index (Phi) is 5.64. The molecule has 146 valence electrons. The van der Waals surface area contributed by atoms with Crippen molar-refractivity contribution in [2.45, 2.75) is 0 Å². The van der Waals surface area contributed by atoms with Gasteiger partial charge in [-0.1, -0.05) is 0 Å². The molecular formula is C21H15FN2O5. The van der Waals surface area contributed by atoms with Gasteiger partial charge in [-0.3, -0.25) is 19.7 Å². The van der Waals surface area contributed by atoms with Crippen LogP contribution in [0.2, 0.25) is 0 Å². The molecule has 8 heteroatoms. The molecule has 0 aliphatic rings. The molecule has 0 radical (unpaired) electrons. The number of halogens is 1. The molecular weight excluding hydrogens is 379 g/mol. The number of nitrogens with one attached hydrogen (secondary N) is 1. The molecule has 0 aliphatic heterocycles. The summed E-state index contributed by atoms with van der Waals surface area (Å²) in [4.78, 5) is 34.8. The number of carbonyl (C=O) groups is 2. The summed E-state index contributed by atoms with van der Waals surface area (Å²) in [5, 5.41) is 13.7. The van der Waals surface area contributed by atoms with E-state index in [0.29, 0.717) is 11.1 Å². The highest BCUT2D eigenvalue weighted by molar-refractivity contribution is 6.09. The van der Waals surface area contributed by atoms with Crippen LogP contribution in [-0.2, 0) is 0 Å². The molecule has 3 aromatic carbocycles. The number of benzene rings is 3. The zero-order chi connectivity index (χ0) is 21.0. The van der Waals surface area contributed by atoms with Crippen molar-refractivity contribution in [3.8, 4) is 11.5 Å². The Morgan fingerprint density at radius 1 is 0.931 bits per heavy atom. The standard InChI is InChI=1S/C21H15FN2O5/c1-23-21(26)15-6-11-19(18(12-15)24(27)28)29-17-9-4-14(5-10-17)20(25)13-2-7-16(22)8-3-13/h2-12H,1H3,(H,23,26). The number of nitrogens with zero attached hydrogens (tertiary/aromatic N) is 1. The number of ether oxygens (including phenoxy) is 1. The molecule has 7 nitrogen and oxygen atoms in total. The van der Waals surface area contributed by atoms with Crippen molar-refractivity contribution < 1.29 is 23.6 Å². The van der Waals surface area contributed by atoms with E-state index in [1.54, 1.807) is 0 Å². The Morgan fingerprint density at radius 3 is 2.03 bits per heavy atom. The number of nitro groups is 1. The van der Waals surface area contributed by atoms with E-state index < -0.39 is 16.6 Å². The fraction of sp³-hybridized carbons (Fsp3) is 0.0476. The van der Waals surface area contributed by atoms with Crippen molar-refractivity contribution in [3.63, 3.8) is 0 Å². The molecule has 0 atom stereocenters. The van der Waals surface area contributed by atoms with Crippen LogP contribution in [0.15, 0.2) is 66.7 Å². The van der Waals surface area contributed by atoms with Crippen LogP contribution in [0.1, 0.15) is 26.3 Å². The first-order valence-corrected chi connectivity index (χ1v) is 8.48. The Labute approximate surface area is 164 Å². The zero-order valence-electron chi connectivity index (χ0n) is 15.2. The first-order valence-electron chi connectivity index (χ1n) is 8.48. The van der Waals surface area contributed by atoms with Gasteiger partial charge in [0.15, 0.2) is 5.78 Å². The topological polar surface area (TPSA) is 98.5 Å². The van der Waals surface area contributed by atoms with Crippen molar-refractivity contribution in [1.29, 1.82) is 0 Å². The van der Waals surface area contributed by atoms with Crippen LogP contribution in [0.3, 0.4) is 0 Å². The lowest BCUT2D eigenvalue weighted by Gasteiger charge is -2.08. The fourth-order valence-electron chi connectivity index (χ4n) is 2.60. The Balaban J connectivity index is 1.82. The predicted octanol–water partition coefficient (Wildman–Crippen LogP) is 4.12. The molecule has 1 N–H and O–H groups in total. The second-order valence-corrected chi connectivity index (χ2v) is 5.98. The maximum absolute atomic E-state index is 13.0. The largest absolute Gasteiger partial charge is 0.450 e. The Morgan fingerprint density at radius 2 is 1.48 bits per heavy atom. The minimum atomic E-state index is -0.645. The third-order valence-corrected chi connectivity index (χ3v) is 4.10. The monoisotopic (exact) mass is 394 g/mol. The summed E-state index contributed by atoms with van der Waals surface area (Å²) in [6.07, 6.45) is 0. The fourth-order valence-corrected chi connectivity index (χ4v) is 2.60. The molecule has 0 fully saturated rings. The summed E-state index contributed by atoms with van der Waals surface area (Å²) >= 11 is 0. The van der Waals surface area contributed by atoms with Crippen LogP contribution in [0.4, 0.5) is 10.1 Å². The highest BCUT2D eigenvalue weighted by Gasteiger charge is 2.19. The maximum Gasteiger partial charge on any atom is 0.312 e. The molecule has 0 aliphatic carbocycles. The molecule has 29 heavy (non-hydrogen) atoms. The van der Waals surface area contributed by atoms with Gasteiger partial charge >= 0.3 is 5.69 Å². The van der Waals surface area contributed by atoms with Crippen LogP contribution in [0, 0.1) is 15.9 Å². The van der Waals surface area contributed by atoms with Crippen molar-refractivity contribution in [1.82, 2.24) is 5.32 Å². The molecule has 0 bridgehead atoms. The van der Waals surface area contributed by atoms with Crippen LogP contribution < -0.4 is 10.1 Å². The second kappa shape index (κ2) is 8.30. The normalized spacial score (nSPS) is 10.3. The first-order chi connectivity index (χ1) is 13.9. The summed E-state index contributed by atoms with van der Waals surface area (Å²) in [6.45, 7) is 0. The molecule has 0 saturated heterocycles. The Hall–Kier alpha value is -4.07. The van der Waals surface area contributed by atoms with Crippen LogP contribution in [0.5, 0.6) is 11.5 Å². The lowest BCUT2D eigenvalue weighted by atomic mass is 10.0. The van der Waals surface area contributed by atoms with Gasteiger partial charge < -0.3 is 10.1 Å². The number of rotatable bonds is 6. The van der Waals surface area contributed by atoms with Gasteiger partial charge in [0.1, 0.15) is 11.6 Å². The van der Waals surface area contributed by atoms with Gasteiger partial charge in [0.25, 0.3) is 5.91 Å². The quantitative estimate of drug-likeness (QED) is 0.385. The SMILES string of the molecule is CNC(=O)c1ccc(Oc2ccc(C(=O)c3ccc(F)cc3)cc2)c([N+](=O)[O-])c1. The molecule has 1 amide bonds. The number of nitro benzene ring substituents is 1. The minimum absolute atomic E-state index is 0.0414. The number of carbonyl (C=O) groups excluding carboxylic acids is 2. The van der Waals surface area contributed by atoms with Crippen molar-refractivity contribution in [3.05, 3.63) is 99.4 Å². The van der Waals surface area contributed by atoms with E-state index in [1.165, 1.54) is 67.7 Å². The summed E-state index contributed by atoms with van der Waals surface area (Å²) in [7, 11) is 1.42. The van der Waals surface area contributed by atoms with Gasteiger partial charge in [-0.25, -0.2) is 4.39 Å². The summed E-state index contributed by atoms with van der Waals surface area (Å²) < 4.78 is 18.6. The number of hydrogen-bond donors (Lipinski definition) is 1. The second-order valence-electron chi connectivity index (χ2n) is 5.98. The van der Waals surface area contributed by atoms with E-state index >= 15 is 0 Å². The van der Waals surface area contributed by atoms with Gasteiger partial charge in [-0.05, 0) is 60.7 Å². The van der Waals surface area contributed by atoms with Gasteiger partial charge in [0, 0.05) is 29.8 Å². The summed E-state index contributed by atoms with van der Waals surface area (Å²) in [6, 6.07) is 15.0. The molecule has 0 spiro atoms. The smallest absolute Gasteiger partial charge is 0.312 e. The lowest BCUT2D eigenvalue weighted by molar-refractivity contribution is -0.385. The third-order valence-electron chi connectivity index (χ3n) is 4.10. The van der Waals surface area contributed by atoms with E-state index in [-0.39, 0.29) is 28.5 Å². The van der Waals surface area contributed by atoms with Gasteiger partial charge in [0.05, 0.1) is 4.92 Å². The zero-order valence-corrected chi connectivity index (χ0v) is 15.2. The van der Waals surface area contributed by atoms with Crippen molar-refractivity contribution in [2.24, 2.45) is 0 Å². The molecule has 0 heterocycles. The summed E-state index contributed by atoms with van der Waals surface area (Å²) in [5.74, 6) is -0.952. The van der Waals surface area contributed by atoms with Crippen molar-refractivity contribution in [2.75, 3.05) is 7.05 Å². The average molecular weight is 394 g/mol. The molecule has 0 aromatic heterocycles. The van der Waals surface area contributed by atoms with Crippen LogP contribution >= 0.6 is 0 Å². The molecule has 0 saturated carbocycles. The maximum atomic E-state index is 13.0. The van der Waals surface area contributed by atoms with E-state index in [0.717, 1.165) is 6.07 Å². The van der Waals surface area contributed by atoms with Gasteiger partial charge in [-0.2, -0.15) is 0 Å². The number of amides is 1. The molecule has 3 aromatic rings. The Bertz CT molecular complexity index is 1080. The minimum Gasteiger partial charge on any atom is -0.450 e. The lowest BCUT2D eigenvalue weighted by Crippen LogP contribution is -2.17. The third kappa shape index (κ3) is 4.44. The van der Waals surface area contributed by atoms with E-state index in [2.05, 4.69) is 5.32 Å². The van der Waals surface area contributed by atoms with E-state index in [4.69, 9.17) is 4.74 Å². The van der Waals surface area contributed by atoms with Gasteiger partial charge in [0.2, 0.25) is 5.75 Å². The average Bonchev–Trinajstić information content (AvgIpc) is 2.74. The highest BCUT2D eigenvalue weighted by atomic mass is 19.1. The van der Waals surface area contributed by atoms with Gasteiger partial charge in [-0.15, -0.1) is 0 Å². The van der Waals surface area contributed by atoms with E-state index in [9.17, 15) is 24.1 Å². The van der Waals surface area contributed by atoms with Crippen LogP contribution in [0.25, 0.3) is 0 Å². The van der Waals surface area contributed by atoms with Crippen LogP contribution in [-0.4, -0.2) is 23.7 Å². The predicted molar refractivity (Wildman–Crippen MR) is 103 cm³/mol.